The lowest BCUT2D eigenvalue weighted by atomic mass is 10.1. The van der Waals surface area contributed by atoms with Crippen LogP contribution in [0.4, 0.5) is 15.8 Å². The zero-order valence-electron chi connectivity index (χ0n) is 11.5. The van der Waals surface area contributed by atoms with Gasteiger partial charge in [0.2, 0.25) is 0 Å². The van der Waals surface area contributed by atoms with E-state index in [1.807, 2.05) is 12.1 Å². The Morgan fingerprint density at radius 1 is 1.24 bits per heavy atom. The highest BCUT2D eigenvalue weighted by Gasteiger charge is 2.31. The summed E-state index contributed by atoms with van der Waals surface area (Å²) < 4.78 is 19.6. The van der Waals surface area contributed by atoms with Crippen LogP contribution < -0.4 is 15.4 Å². The molecule has 1 heterocycles. The molecule has 0 spiro atoms. The molecule has 0 saturated carbocycles. The highest BCUT2D eigenvalue weighted by Crippen LogP contribution is 2.35. The number of rotatable bonds is 2. The second-order valence-corrected chi connectivity index (χ2v) is 4.97. The first kappa shape index (κ1) is 13.4. The van der Waals surface area contributed by atoms with Crippen LogP contribution in [0.25, 0.3) is 0 Å². The molecular weight excluding hydrogens is 271 g/mol. The van der Waals surface area contributed by atoms with Crippen LogP contribution in [-0.4, -0.2) is 12.0 Å². The van der Waals surface area contributed by atoms with Gasteiger partial charge in [0.15, 0.2) is 11.9 Å². The maximum absolute atomic E-state index is 14.1. The predicted molar refractivity (Wildman–Crippen MR) is 78.5 cm³/mol. The SMILES string of the molecule is CC1Oc2ccccc2N(Cc2cccc(N)c2F)C1=O. The van der Waals surface area contributed by atoms with Crippen LogP contribution in [0.2, 0.25) is 0 Å². The van der Waals surface area contributed by atoms with Crippen molar-refractivity contribution in [3.63, 3.8) is 0 Å². The van der Waals surface area contributed by atoms with Crippen molar-refractivity contribution >= 4 is 17.3 Å². The van der Waals surface area contributed by atoms with E-state index in [1.165, 1.54) is 11.0 Å². The van der Waals surface area contributed by atoms with Crippen molar-refractivity contribution in [3.05, 3.63) is 53.8 Å². The fraction of sp³-hybridized carbons (Fsp3) is 0.188. The Morgan fingerprint density at radius 3 is 2.81 bits per heavy atom. The molecule has 0 bridgehead atoms. The fourth-order valence-electron chi connectivity index (χ4n) is 2.41. The first-order valence-electron chi connectivity index (χ1n) is 6.68. The van der Waals surface area contributed by atoms with Crippen LogP contribution >= 0.6 is 0 Å². The Balaban J connectivity index is 2.01. The van der Waals surface area contributed by atoms with Crippen molar-refractivity contribution < 1.29 is 13.9 Å². The van der Waals surface area contributed by atoms with Gasteiger partial charge < -0.3 is 15.4 Å². The second kappa shape index (κ2) is 5.09. The second-order valence-electron chi connectivity index (χ2n) is 4.97. The van der Waals surface area contributed by atoms with Gasteiger partial charge in [-0.2, -0.15) is 0 Å². The van der Waals surface area contributed by atoms with Crippen LogP contribution in [-0.2, 0) is 11.3 Å². The van der Waals surface area contributed by atoms with Gasteiger partial charge in [0.25, 0.3) is 5.91 Å². The standard InChI is InChI=1S/C16H15FN2O2/c1-10-16(20)19(13-7-2-3-8-14(13)21-10)9-11-5-4-6-12(18)15(11)17/h2-8,10H,9,18H2,1H3. The minimum Gasteiger partial charge on any atom is -0.479 e. The third-order valence-corrected chi connectivity index (χ3v) is 3.51. The molecule has 0 radical (unpaired) electrons. The molecule has 0 fully saturated rings. The first-order valence-corrected chi connectivity index (χ1v) is 6.68. The van der Waals surface area contributed by atoms with Crippen LogP contribution in [0.3, 0.4) is 0 Å². The van der Waals surface area contributed by atoms with Crippen molar-refractivity contribution in [1.82, 2.24) is 0 Å². The smallest absolute Gasteiger partial charge is 0.268 e. The lowest BCUT2D eigenvalue weighted by Gasteiger charge is -2.33. The Kier molecular flexibility index (Phi) is 3.25. The van der Waals surface area contributed by atoms with E-state index in [9.17, 15) is 9.18 Å². The topological polar surface area (TPSA) is 55.6 Å². The summed E-state index contributed by atoms with van der Waals surface area (Å²) in [6, 6.07) is 12.0. The zero-order chi connectivity index (χ0) is 15.0. The van der Waals surface area contributed by atoms with Crippen molar-refractivity contribution in [2.24, 2.45) is 0 Å². The molecule has 0 saturated heterocycles. The molecule has 0 aromatic heterocycles. The Morgan fingerprint density at radius 2 is 2.00 bits per heavy atom. The maximum atomic E-state index is 14.1. The van der Waals surface area contributed by atoms with Gasteiger partial charge in [-0.1, -0.05) is 24.3 Å². The van der Waals surface area contributed by atoms with E-state index in [-0.39, 0.29) is 18.1 Å². The number of hydrogen-bond acceptors (Lipinski definition) is 3. The number of nitrogens with zero attached hydrogens (tertiary/aromatic N) is 1. The van der Waals surface area contributed by atoms with E-state index in [0.29, 0.717) is 17.0 Å². The molecule has 108 valence electrons. The largest absolute Gasteiger partial charge is 0.479 e. The molecule has 1 aliphatic rings. The number of fused-ring (bicyclic) bond motifs is 1. The van der Waals surface area contributed by atoms with Gasteiger partial charge in [-0.25, -0.2) is 4.39 Å². The molecule has 1 aliphatic heterocycles. The van der Waals surface area contributed by atoms with Crippen LogP contribution in [0.15, 0.2) is 42.5 Å². The number of anilines is 2. The number of benzene rings is 2. The molecule has 21 heavy (non-hydrogen) atoms. The number of halogens is 1. The molecule has 1 amide bonds. The average Bonchev–Trinajstić information content (AvgIpc) is 2.48. The first-order chi connectivity index (χ1) is 10.1. The highest BCUT2D eigenvalue weighted by atomic mass is 19.1. The molecule has 2 N–H and O–H groups in total. The Hall–Kier alpha value is -2.56. The monoisotopic (exact) mass is 286 g/mol. The van der Waals surface area contributed by atoms with Gasteiger partial charge in [-0.05, 0) is 25.1 Å². The number of amides is 1. The molecule has 2 aromatic rings. The van der Waals surface area contributed by atoms with Gasteiger partial charge in [0.05, 0.1) is 17.9 Å². The van der Waals surface area contributed by atoms with Gasteiger partial charge >= 0.3 is 0 Å². The van der Waals surface area contributed by atoms with E-state index in [0.717, 1.165) is 0 Å². The van der Waals surface area contributed by atoms with Gasteiger partial charge in [-0.15, -0.1) is 0 Å². The van der Waals surface area contributed by atoms with Gasteiger partial charge in [-0.3, -0.25) is 4.79 Å². The summed E-state index contributed by atoms with van der Waals surface area (Å²) >= 11 is 0. The molecule has 5 heteroatoms. The molecule has 4 nitrogen and oxygen atoms in total. The summed E-state index contributed by atoms with van der Waals surface area (Å²) in [4.78, 5) is 13.9. The van der Waals surface area contributed by atoms with Gasteiger partial charge in [0.1, 0.15) is 5.75 Å². The summed E-state index contributed by atoms with van der Waals surface area (Å²) in [5.41, 5.74) is 6.68. The summed E-state index contributed by atoms with van der Waals surface area (Å²) in [6.07, 6.45) is -0.593. The average molecular weight is 286 g/mol. The maximum Gasteiger partial charge on any atom is 0.268 e. The molecule has 2 aromatic carbocycles. The lowest BCUT2D eigenvalue weighted by molar-refractivity contribution is -0.125. The van der Waals surface area contributed by atoms with Crippen LogP contribution in [0.5, 0.6) is 5.75 Å². The minimum absolute atomic E-state index is 0.0783. The predicted octanol–water partition coefficient (Wildman–Crippen LogP) is 2.72. The highest BCUT2D eigenvalue weighted by molar-refractivity contribution is 5.99. The minimum atomic E-state index is -0.593. The van der Waals surface area contributed by atoms with Gasteiger partial charge in [0, 0.05) is 5.56 Å². The normalized spacial score (nSPS) is 17.3. The number of ether oxygens (including phenoxy) is 1. The van der Waals surface area contributed by atoms with E-state index in [1.54, 1.807) is 31.2 Å². The van der Waals surface area contributed by atoms with E-state index < -0.39 is 11.9 Å². The fourth-order valence-corrected chi connectivity index (χ4v) is 2.41. The summed E-state index contributed by atoms with van der Waals surface area (Å²) in [6.45, 7) is 1.81. The number of para-hydroxylation sites is 2. The van der Waals surface area contributed by atoms with Crippen molar-refractivity contribution in [2.75, 3.05) is 10.6 Å². The number of carbonyl (C=O) groups excluding carboxylic acids is 1. The summed E-state index contributed by atoms with van der Waals surface area (Å²) in [5, 5.41) is 0. The van der Waals surface area contributed by atoms with Crippen LogP contribution in [0.1, 0.15) is 12.5 Å². The van der Waals surface area contributed by atoms with Crippen molar-refractivity contribution in [2.45, 2.75) is 19.6 Å². The number of hydrogen-bond donors (Lipinski definition) is 1. The number of nitrogen functional groups attached to an aromatic ring is 1. The molecule has 3 rings (SSSR count). The van der Waals surface area contributed by atoms with Crippen LogP contribution in [0, 0.1) is 5.82 Å². The van der Waals surface area contributed by atoms with E-state index in [4.69, 9.17) is 10.5 Å². The number of nitrogens with two attached hydrogens (primary N) is 1. The van der Waals surface area contributed by atoms with Crippen molar-refractivity contribution in [3.8, 4) is 5.75 Å². The third-order valence-electron chi connectivity index (χ3n) is 3.51. The zero-order valence-corrected chi connectivity index (χ0v) is 11.5. The lowest BCUT2D eigenvalue weighted by Crippen LogP contribution is -2.44. The Bertz CT molecular complexity index is 702. The molecule has 1 atom stereocenters. The molecule has 1 unspecified atom stereocenters. The summed E-state index contributed by atoms with van der Waals surface area (Å²) in [5.74, 6) is -0.0636. The quantitative estimate of drug-likeness (QED) is 0.864. The molecular formula is C16H15FN2O2. The van der Waals surface area contributed by atoms with E-state index >= 15 is 0 Å². The third kappa shape index (κ3) is 2.31. The Labute approximate surface area is 121 Å². The molecule has 0 aliphatic carbocycles. The van der Waals surface area contributed by atoms with E-state index in [2.05, 4.69) is 0 Å². The number of carbonyl (C=O) groups is 1. The van der Waals surface area contributed by atoms with Crippen molar-refractivity contribution in [1.29, 1.82) is 0 Å². The summed E-state index contributed by atoms with van der Waals surface area (Å²) in [7, 11) is 0.